The normalized spacial score (nSPS) is 15.0. The molecule has 4 amide bonds. The predicted molar refractivity (Wildman–Crippen MR) is 128 cm³/mol. The summed E-state index contributed by atoms with van der Waals surface area (Å²) in [6.45, 7) is 0.0531. The number of benzene rings is 3. The molecular weight excluding hydrogens is 506 g/mol. The van der Waals surface area contributed by atoms with Gasteiger partial charge in [-0.3, -0.25) is 14.9 Å². The molecule has 0 atom stereocenters. The molecule has 4 rings (SSSR count). The molecule has 3 aromatic carbocycles. The summed E-state index contributed by atoms with van der Waals surface area (Å²) < 4.78 is 19.2. The van der Waals surface area contributed by atoms with Crippen molar-refractivity contribution < 1.29 is 23.5 Å². The van der Waals surface area contributed by atoms with Crippen LogP contribution in [0.4, 0.5) is 14.9 Å². The van der Waals surface area contributed by atoms with Gasteiger partial charge in [-0.1, -0.05) is 53.0 Å². The van der Waals surface area contributed by atoms with Gasteiger partial charge in [-0.25, -0.2) is 14.1 Å². The van der Waals surface area contributed by atoms with Crippen LogP contribution in [-0.4, -0.2) is 17.8 Å². The van der Waals surface area contributed by atoms with Gasteiger partial charge in [0.15, 0.2) is 0 Å². The lowest BCUT2D eigenvalue weighted by atomic mass is 10.1. The van der Waals surface area contributed by atoms with E-state index in [1.807, 2.05) is 0 Å². The lowest BCUT2D eigenvalue weighted by Crippen LogP contribution is -2.54. The zero-order chi connectivity index (χ0) is 24.4. The number of barbiturate groups is 1. The van der Waals surface area contributed by atoms with Crippen LogP contribution in [0.25, 0.3) is 6.08 Å². The maximum atomic E-state index is 13.3. The van der Waals surface area contributed by atoms with Crippen molar-refractivity contribution in [2.24, 2.45) is 0 Å². The van der Waals surface area contributed by atoms with E-state index < -0.39 is 23.7 Å². The molecule has 0 aromatic heterocycles. The van der Waals surface area contributed by atoms with E-state index in [2.05, 4.69) is 5.32 Å². The number of hydrogen-bond acceptors (Lipinski definition) is 4. The summed E-state index contributed by atoms with van der Waals surface area (Å²) in [6.07, 6.45) is 1.22. The number of rotatable bonds is 5. The molecule has 1 aliphatic heterocycles. The van der Waals surface area contributed by atoms with E-state index in [4.69, 9.17) is 39.5 Å². The highest BCUT2D eigenvalue weighted by atomic mass is 35.5. The van der Waals surface area contributed by atoms with Gasteiger partial charge in [-0.15, -0.1) is 0 Å². The van der Waals surface area contributed by atoms with E-state index in [9.17, 15) is 18.8 Å². The molecule has 1 N–H and O–H groups in total. The van der Waals surface area contributed by atoms with Crippen molar-refractivity contribution in [2.75, 3.05) is 4.90 Å². The van der Waals surface area contributed by atoms with E-state index in [0.29, 0.717) is 10.6 Å². The number of anilines is 1. The number of urea groups is 1. The van der Waals surface area contributed by atoms with Crippen molar-refractivity contribution in [2.45, 2.75) is 6.61 Å². The van der Waals surface area contributed by atoms with Crippen LogP contribution in [0.3, 0.4) is 0 Å². The maximum Gasteiger partial charge on any atom is 0.335 e. The van der Waals surface area contributed by atoms with E-state index in [1.54, 1.807) is 24.3 Å². The fraction of sp³-hybridized carbons (Fsp3) is 0.0417. The summed E-state index contributed by atoms with van der Waals surface area (Å²) in [5, 5.41) is 2.96. The predicted octanol–water partition coefficient (Wildman–Crippen LogP) is 6.03. The van der Waals surface area contributed by atoms with E-state index in [-0.39, 0.29) is 39.2 Å². The van der Waals surface area contributed by atoms with Gasteiger partial charge >= 0.3 is 6.03 Å². The Kier molecular flexibility index (Phi) is 6.88. The average molecular weight is 520 g/mol. The van der Waals surface area contributed by atoms with Crippen molar-refractivity contribution in [1.82, 2.24) is 5.32 Å². The quantitative estimate of drug-likeness (QED) is 0.330. The number of nitrogens with one attached hydrogen (secondary N) is 1. The number of carbonyl (C=O) groups excluding carboxylic acids is 3. The molecule has 10 heteroatoms. The Morgan fingerprint density at radius 1 is 0.941 bits per heavy atom. The lowest BCUT2D eigenvalue weighted by molar-refractivity contribution is -0.122. The second-order valence-electron chi connectivity index (χ2n) is 7.12. The summed E-state index contributed by atoms with van der Waals surface area (Å²) in [7, 11) is 0. The molecule has 34 heavy (non-hydrogen) atoms. The molecule has 6 nitrogen and oxygen atoms in total. The minimum atomic E-state index is -0.960. The number of hydrogen-bond donors (Lipinski definition) is 1. The van der Waals surface area contributed by atoms with E-state index in [0.717, 1.165) is 17.0 Å². The van der Waals surface area contributed by atoms with Gasteiger partial charge in [-0.2, -0.15) is 0 Å². The minimum Gasteiger partial charge on any atom is -0.487 e. The molecule has 1 saturated heterocycles. The lowest BCUT2D eigenvalue weighted by Gasteiger charge is -2.26. The van der Waals surface area contributed by atoms with Crippen molar-refractivity contribution in [1.29, 1.82) is 0 Å². The molecule has 0 bridgehead atoms. The second-order valence-corrected chi connectivity index (χ2v) is 8.37. The molecule has 1 fully saturated rings. The van der Waals surface area contributed by atoms with Crippen LogP contribution in [0, 0.1) is 5.82 Å². The number of carbonyl (C=O) groups is 3. The first kappa shape index (κ1) is 23.8. The molecule has 1 aliphatic rings. The Bertz CT molecular complexity index is 1340. The molecule has 0 saturated carbocycles. The van der Waals surface area contributed by atoms with Gasteiger partial charge < -0.3 is 4.74 Å². The third-order valence-electron chi connectivity index (χ3n) is 4.85. The van der Waals surface area contributed by atoms with Crippen LogP contribution in [0.1, 0.15) is 11.1 Å². The van der Waals surface area contributed by atoms with Gasteiger partial charge in [-0.05, 0) is 48.5 Å². The second kappa shape index (κ2) is 9.85. The molecule has 1 heterocycles. The molecular formula is C24H14Cl3FN2O4. The van der Waals surface area contributed by atoms with Crippen LogP contribution >= 0.6 is 34.8 Å². The number of imide groups is 2. The fourth-order valence-electron chi connectivity index (χ4n) is 3.24. The van der Waals surface area contributed by atoms with E-state index in [1.165, 1.54) is 30.3 Å². The third kappa shape index (κ3) is 4.92. The van der Waals surface area contributed by atoms with Crippen molar-refractivity contribution in [3.63, 3.8) is 0 Å². The van der Waals surface area contributed by atoms with Gasteiger partial charge in [0.05, 0.1) is 10.7 Å². The zero-order valence-electron chi connectivity index (χ0n) is 17.2. The summed E-state index contributed by atoms with van der Waals surface area (Å²) in [5.41, 5.74) is 0.635. The number of ether oxygens (including phenoxy) is 1. The number of nitrogens with zero attached hydrogens (tertiary/aromatic N) is 1. The Hall–Kier alpha value is -3.39. The van der Waals surface area contributed by atoms with Gasteiger partial charge in [0, 0.05) is 21.2 Å². The minimum absolute atomic E-state index is 0.0531. The molecule has 0 radical (unpaired) electrons. The third-order valence-corrected chi connectivity index (χ3v) is 5.72. The first-order chi connectivity index (χ1) is 16.2. The highest BCUT2D eigenvalue weighted by Crippen LogP contribution is 2.35. The standard InChI is InChI=1S/C24H14Cl3FN2O4/c25-15-9-14(21(20(27)11-15)34-12-13-3-1-2-4-19(13)26)10-18-22(31)29-24(33)30(23(18)32)17-7-5-16(28)6-8-17/h1-11H,12H2,(H,29,31,33)/b18-10+. The van der Waals surface area contributed by atoms with Crippen LogP contribution in [0.2, 0.25) is 15.1 Å². The number of amides is 4. The largest absolute Gasteiger partial charge is 0.487 e. The van der Waals surface area contributed by atoms with Crippen LogP contribution in [0.5, 0.6) is 5.75 Å². The zero-order valence-corrected chi connectivity index (χ0v) is 19.4. The van der Waals surface area contributed by atoms with E-state index >= 15 is 0 Å². The van der Waals surface area contributed by atoms with Crippen LogP contribution in [-0.2, 0) is 16.2 Å². The Morgan fingerprint density at radius 3 is 2.35 bits per heavy atom. The summed E-state index contributed by atoms with van der Waals surface area (Å²) in [5.74, 6) is -2.21. The van der Waals surface area contributed by atoms with Crippen molar-refractivity contribution in [3.05, 3.63) is 98.2 Å². The van der Waals surface area contributed by atoms with Crippen LogP contribution in [0.15, 0.2) is 66.2 Å². The topological polar surface area (TPSA) is 75.7 Å². The summed E-state index contributed by atoms with van der Waals surface area (Å²) >= 11 is 18.7. The first-order valence-electron chi connectivity index (χ1n) is 9.77. The van der Waals surface area contributed by atoms with Crippen molar-refractivity contribution in [3.8, 4) is 5.75 Å². The highest BCUT2D eigenvalue weighted by molar-refractivity contribution is 6.40. The summed E-state index contributed by atoms with van der Waals surface area (Å²) in [4.78, 5) is 38.7. The fourth-order valence-corrected chi connectivity index (χ4v) is 4.00. The van der Waals surface area contributed by atoms with Gasteiger partial charge in [0.2, 0.25) is 0 Å². The van der Waals surface area contributed by atoms with Gasteiger partial charge in [0.25, 0.3) is 11.8 Å². The maximum absolute atomic E-state index is 13.3. The van der Waals surface area contributed by atoms with Gasteiger partial charge in [0.1, 0.15) is 23.7 Å². The number of halogens is 4. The Balaban J connectivity index is 1.72. The molecule has 0 aliphatic carbocycles. The van der Waals surface area contributed by atoms with Crippen LogP contribution < -0.4 is 15.0 Å². The Labute approximate surface area is 208 Å². The van der Waals surface area contributed by atoms with Crippen molar-refractivity contribution >= 4 is 64.4 Å². The molecule has 0 unspecified atom stereocenters. The summed E-state index contributed by atoms with van der Waals surface area (Å²) in [6, 6.07) is 13.7. The highest BCUT2D eigenvalue weighted by Gasteiger charge is 2.37. The smallest absolute Gasteiger partial charge is 0.335 e. The molecule has 172 valence electrons. The molecule has 3 aromatic rings. The SMILES string of the molecule is O=C1NC(=O)N(c2ccc(F)cc2)C(=O)/C1=C/c1cc(Cl)cc(Cl)c1OCc1ccccc1Cl. The Morgan fingerprint density at radius 2 is 1.65 bits per heavy atom. The monoisotopic (exact) mass is 518 g/mol. The first-order valence-corrected chi connectivity index (χ1v) is 10.9. The molecule has 0 spiro atoms. The average Bonchev–Trinajstić information content (AvgIpc) is 2.78.